The molecule has 2 atom stereocenters. The molecular formula is C17H29N3O3. The molecule has 1 saturated heterocycles. The van der Waals surface area contributed by atoms with E-state index in [2.05, 4.69) is 24.3 Å². The number of aromatic nitrogens is 2. The third kappa shape index (κ3) is 5.04. The average Bonchev–Trinajstić information content (AvgIpc) is 3.13. The van der Waals surface area contributed by atoms with Crippen molar-refractivity contribution in [1.29, 1.82) is 0 Å². The largest absolute Gasteiger partial charge is 0.396 e. The zero-order chi connectivity index (χ0) is 16.8. The molecule has 130 valence electrons. The molecule has 6 nitrogen and oxygen atoms in total. The Morgan fingerprint density at radius 1 is 1.57 bits per heavy atom. The fourth-order valence-electron chi connectivity index (χ4n) is 3.22. The second-order valence-electron chi connectivity index (χ2n) is 6.88. The number of aryl methyl sites for hydroxylation is 1. The van der Waals surface area contributed by atoms with Gasteiger partial charge in [0.15, 0.2) is 0 Å². The summed E-state index contributed by atoms with van der Waals surface area (Å²) in [4.78, 5) is 12.6. The number of amides is 1. The van der Waals surface area contributed by atoms with Crippen LogP contribution < -0.4 is 5.32 Å². The van der Waals surface area contributed by atoms with Crippen LogP contribution in [0, 0.1) is 11.8 Å². The molecule has 1 aliphatic rings. The molecule has 0 aromatic carbocycles. The summed E-state index contributed by atoms with van der Waals surface area (Å²) in [6.07, 6.45) is 4.41. The molecule has 0 unspecified atom stereocenters. The topological polar surface area (TPSA) is 76.4 Å². The van der Waals surface area contributed by atoms with Gasteiger partial charge in [0.05, 0.1) is 17.9 Å². The number of ether oxygens (including phenoxy) is 1. The van der Waals surface area contributed by atoms with E-state index in [4.69, 9.17) is 4.74 Å². The van der Waals surface area contributed by atoms with Crippen molar-refractivity contribution >= 4 is 5.91 Å². The molecule has 1 fully saturated rings. The molecule has 0 spiro atoms. The molecular weight excluding hydrogens is 294 g/mol. The Bertz CT molecular complexity index is 507. The van der Waals surface area contributed by atoms with Crippen LogP contribution in [0.4, 0.5) is 0 Å². The van der Waals surface area contributed by atoms with Crippen LogP contribution in [0.3, 0.4) is 0 Å². The Kier molecular flexibility index (Phi) is 6.59. The predicted octanol–water partition coefficient (Wildman–Crippen LogP) is 1.70. The lowest BCUT2D eigenvalue weighted by Gasteiger charge is -2.18. The van der Waals surface area contributed by atoms with Crippen LogP contribution in [0.5, 0.6) is 0 Å². The zero-order valence-electron chi connectivity index (χ0n) is 14.4. The second kappa shape index (κ2) is 8.45. The Labute approximate surface area is 138 Å². The number of nitrogens with one attached hydrogen (secondary N) is 1. The summed E-state index contributed by atoms with van der Waals surface area (Å²) in [5, 5.41) is 16.7. The van der Waals surface area contributed by atoms with Crippen molar-refractivity contribution in [3.8, 4) is 0 Å². The SMILES string of the molecule is CC(C)C[C@@H](CCO)CNC(=O)c1cn(C)nc1[C@@H]1CCOC1. The molecule has 2 N–H and O–H groups in total. The summed E-state index contributed by atoms with van der Waals surface area (Å²) in [6, 6.07) is 0. The van der Waals surface area contributed by atoms with Crippen LogP contribution >= 0.6 is 0 Å². The first-order chi connectivity index (χ1) is 11.0. The third-order valence-corrected chi connectivity index (χ3v) is 4.31. The van der Waals surface area contributed by atoms with Crippen molar-refractivity contribution in [2.75, 3.05) is 26.4 Å². The van der Waals surface area contributed by atoms with E-state index < -0.39 is 0 Å². The fraction of sp³-hybridized carbons (Fsp3) is 0.765. The van der Waals surface area contributed by atoms with Crippen molar-refractivity contribution < 1.29 is 14.6 Å². The summed E-state index contributed by atoms with van der Waals surface area (Å²) in [5.74, 6) is 0.986. The molecule has 6 heteroatoms. The zero-order valence-corrected chi connectivity index (χ0v) is 14.4. The molecule has 0 radical (unpaired) electrons. The summed E-state index contributed by atoms with van der Waals surface area (Å²) >= 11 is 0. The first-order valence-corrected chi connectivity index (χ1v) is 8.51. The maximum atomic E-state index is 12.6. The Morgan fingerprint density at radius 2 is 2.35 bits per heavy atom. The molecule has 1 aromatic heterocycles. The summed E-state index contributed by atoms with van der Waals surface area (Å²) < 4.78 is 7.12. The van der Waals surface area contributed by atoms with Gasteiger partial charge in [-0.2, -0.15) is 5.10 Å². The van der Waals surface area contributed by atoms with Crippen molar-refractivity contribution in [3.63, 3.8) is 0 Å². The number of nitrogens with zero attached hydrogens (tertiary/aromatic N) is 2. The van der Waals surface area contributed by atoms with E-state index in [0.717, 1.165) is 31.6 Å². The number of hydrogen-bond donors (Lipinski definition) is 2. The lowest BCUT2D eigenvalue weighted by atomic mass is 9.94. The highest BCUT2D eigenvalue weighted by Crippen LogP contribution is 2.26. The van der Waals surface area contributed by atoms with Gasteiger partial charge in [0, 0.05) is 38.9 Å². The minimum absolute atomic E-state index is 0.0771. The van der Waals surface area contributed by atoms with Gasteiger partial charge in [-0.1, -0.05) is 13.8 Å². The van der Waals surface area contributed by atoms with Gasteiger partial charge in [-0.05, 0) is 31.1 Å². The Hall–Kier alpha value is -1.40. The first-order valence-electron chi connectivity index (χ1n) is 8.51. The number of carbonyl (C=O) groups is 1. The van der Waals surface area contributed by atoms with Crippen LogP contribution in [0.25, 0.3) is 0 Å². The van der Waals surface area contributed by atoms with Gasteiger partial charge in [-0.3, -0.25) is 9.48 Å². The Morgan fingerprint density at radius 3 is 2.96 bits per heavy atom. The van der Waals surface area contributed by atoms with E-state index >= 15 is 0 Å². The molecule has 0 bridgehead atoms. The standard InChI is InChI=1S/C17H29N3O3/c1-12(2)8-13(4-6-21)9-18-17(22)15-10-20(3)19-16(15)14-5-7-23-11-14/h10,12-14,21H,4-9,11H2,1-3H3,(H,18,22)/t13-,14-/m1/s1. The molecule has 0 aliphatic carbocycles. The van der Waals surface area contributed by atoms with Crippen LogP contribution in [0.15, 0.2) is 6.20 Å². The summed E-state index contributed by atoms with van der Waals surface area (Å²) in [5.41, 5.74) is 1.49. The monoisotopic (exact) mass is 323 g/mol. The van der Waals surface area contributed by atoms with E-state index in [9.17, 15) is 9.90 Å². The minimum Gasteiger partial charge on any atom is -0.396 e. The van der Waals surface area contributed by atoms with Crippen LogP contribution in [0.2, 0.25) is 0 Å². The highest BCUT2D eigenvalue weighted by molar-refractivity contribution is 5.95. The third-order valence-electron chi connectivity index (χ3n) is 4.31. The van der Waals surface area contributed by atoms with E-state index in [1.165, 1.54) is 0 Å². The minimum atomic E-state index is -0.0771. The Balaban J connectivity index is 1.99. The van der Waals surface area contributed by atoms with Gasteiger partial charge in [0.25, 0.3) is 5.91 Å². The highest BCUT2D eigenvalue weighted by Gasteiger charge is 2.26. The van der Waals surface area contributed by atoms with Crippen molar-refractivity contribution in [3.05, 3.63) is 17.5 Å². The summed E-state index contributed by atoms with van der Waals surface area (Å²) in [6.45, 7) is 6.43. The molecule has 2 heterocycles. The maximum Gasteiger partial charge on any atom is 0.254 e. The van der Waals surface area contributed by atoms with Gasteiger partial charge in [0.1, 0.15) is 0 Å². The van der Waals surface area contributed by atoms with Gasteiger partial charge < -0.3 is 15.2 Å². The van der Waals surface area contributed by atoms with Crippen LogP contribution in [-0.2, 0) is 11.8 Å². The van der Waals surface area contributed by atoms with E-state index in [1.807, 2.05) is 7.05 Å². The first kappa shape index (κ1) is 17.9. The number of hydrogen-bond acceptors (Lipinski definition) is 4. The fourth-order valence-corrected chi connectivity index (χ4v) is 3.22. The molecule has 2 rings (SSSR count). The predicted molar refractivity (Wildman–Crippen MR) is 88.4 cm³/mol. The molecule has 1 amide bonds. The van der Waals surface area contributed by atoms with Crippen molar-refractivity contribution in [2.24, 2.45) is 18.9 Å². The van der Waals surface area contributed by atoms with Gasteiger partial charge in [0.2, 0.25) is 0 Å². The molecule has 1 aromatic rings. The highest BCUT2D eigenvalue weighted by atomic mass is 16.5. The van der Waals surface area contributed by atoms with Crippen molar-refractivity contribution in [2.45, 2.75) is 39.0 Å². The second-order valence-corrected chi connectivity index (χ2v) is 6.88. The smallest absolute Gasteiger partial charge is 0.254 e. The molecule has 1 aliphatic heterocycles. The number of aliphatic hydroxyl groups excluding tert-OH is 1. The van der Waals surface area contributed by atoms with Gasteiger partial charge >= 0.3 is 0 Å². The normalized spacial score (nSPS) is 19.3. The lowest BCUT2D eigenvalue weighted by molar-refractivity contribution is 0.0939. The van der Waals surface area contributed by atoms with E-state index in [-0.39, 0.29) is 18.4 Å². The van der Waals surface area contributed by atoms with E-state index in [0.29, 0.717) is 30.6 Å². The number of aliphatic hydroxyl groups is 1. The van der Waals surface area contributed by atoms with Gasteiger partial charge in [-0.25, -0.2) is 0 Å². The van der Waals surface area contributed by atoms with Crippen molar-refractivity contribution in [1.82, 2.24) is 15.1 Å². The number of carbonyl (C=O) groups excluding carboxylic acids is 1. The summed E-state index contributed by atoms with van der Waals surface area (Å²) in [7, 11) is 1.84. The quantitative estimate of drug-likeness (QED) is 0.763. The number of rotatable bonds is 8. The van der Waals surface area contributed by atoms with E-state index in [1.54, 1.807) is 10.9 Å². The molecule has 23 heavy (non-hydrogen) atoms. The maximum absolute atomic E-state index is 12.6. The van der Waals surface area contributed by atoms with Gasteiger partial charge in [-0.15, -0.1) is 0 Å². The molecule has 0 saturated carbocycles. The van der Waals surface area contributed by atoms with Crippen LogP contribution in [-0.4, -0.2) is 47.2 Å². The average molecular weight is 323 g/mol. The lowest BCUT2D eigenvalue weighted by Crippen LogP contribution is -2.31. The van der Waals surface area contributed by atoms with Crippen LogP contribution in [0.1, 0.15) is 55.1 Å².